The van der Waals surface area contributed by atoms with Crippen LogP contribution in [-0.2, 0) is 6.54 Å². The lowest BCUT2D eigenvalue weighted by atomic mass is 10.1. The van der Waals surface area contributed by atoms with Gasteiger partial charge < -0.3 is 10.3 Å². The average Bonchev–Trinajstić information content (AvgIpc) is 3.01. The van der Waals surface area contributed by atoms with Crippen LogP contribution in [0.2, 0.25) is 0 Å². The monoisotopic (exact) mass is 344 g/mol. The highest BCUT2D eigenvalue weighted by atomic mass is 16.6. The number of nitrogens with zero attached hydrogens (tertiary/aromatic N) is 3. The van der Waals surface area contributed by atoms with E-state index in [0.717, 1.165) is 28.0 Å². The van der Waals surface area contributed by atoms with Gasteiger partial charge in [-0.15, -0.1) is 0 Å². The van der Waals surface area contributed by atoms with Crippen LogP contribution in [-0.4, -0.2) is 14.5 Å². The molecule has 0 bridgehead atoms. The smallest absolute Gasteiger partial charge is 0.269 e. The fourth-order valence-electron chi connectivity index (χ4n) is 3.04. The molecule has 0 spiro atoms. The molecule has 0 amide bonds. The zero-order valence-electron chi connectivity index (χ0n) is 13.9. The van der Waals surface area contributed by atoms with E-state index in [1.165, 1.54) is 12.1 Å². The number of hydrogen-bond donors (Lipinski definition) is 1. The number of nitro groups is 1. The molecule has 1 aromatic heterocycles. The van der Waals surface area contributed by atoms with Crippen molar-refractivity contribution < 1.29 is 4.92 Å². The summed E-state index contributed by atoms with van der Waals surface area (Å²) in [6, 6.07) is 22.1. The van der Waals surface area contributed by atoms with Crippen molar-refractivity contribution in [1.29, 1.82) is 0 Å². The van der Waals surface area contributed by atoms with E-state index in [1.54, 1.807) is 12.1 Å². The average molecular weight is 344 g/mol. The number of fused-ring (bicyclic) bond motifs is 1. The number of anilines is 1. The summed E-state index contributed by atoms with van der Waals surface area (Å²) in [5.41, 5.74) is 10.5. The number of imidazole rings is 1. The van der Waals surface area contributed by atoms with Crippen molar-refractivity contribution in [3.05, 3.63) is 88.5 Å². The summed E-state index contributed by atoms with van der Waals surface area (Å²) in [4.78, 5) is 15.2. The van der Waals surface area contributed by atoms with Crippen molar-refractivity contribution >= 4 is 22.4 Å². The van der Waals surface area contributed by atoms with Crippen molar-refractivity contribution in [2.45, 2.75) is 6.54 Å². The van der Waals surface area contributed by atoms with Gasteiger partial charge in [-0.3, -0.25) is 10.1 Å². The molecular weight excluding hydrogens is 328 g/mol. The zero-order chi connectivity index (χ0) is 18.1. The van der Waals surface area contributed by atoms with Crippen LogP contribution in [0, 0.1) is 10.1 Å². The quantitative estimate of drug-likeness (QED) is 0.341. The zero-order valence-corrected chi connectivity index (χ0v) is 13.9. The standard InChI is InChI=1S/C20H16N4O2/c21-16-5-3-4-15(12-16)20-22-18-6-1-2-7-19(18)23(20)13-14-8-10-17(11-9-14)24(25)26/h1-12H,13,21H2. The molecule has 6 nitrogen and oxygen atoms in total. The van der Waals surface area contributed by atoms with Crippen LogP contribution in [0.15, 0.2) is 72.8 Å². The number of hydrogen-bond acceptors (Lipinski definition) is 4. The minimum atomic E-state index is -0.394. The van der Waals surface area contributed by atoms with Crippen LogP contribution in [0.25, 0.3) is 22.4 Å². The Morgan fingerprint density at radius 1 is 1.00 bits per heavy atom. The predicted molar refractivity (Wildman–Crippen MR) is 102 cm³/mol. The van der Waals surface area contributed by atoms with Crippen LogP contribution in [0.3, 0.4) is 0 Å². The molecule has 0 radical (unpaired) electrons. The normalized spacial score (nSPS) is 10.9. The molecule has 0 aliphatic heterocycles. The number of aromatic nitrogens is 2. The van der Waals surface area contributed by atoms with Gasteiger partial charge in [-0.1, -0.05) is 36.4 Å². The maximum absolute atomic E-state index is 10.9. The van der Waals surface area contributed by atoms with E-state index >= 15 is 0 Å². The highest BCUT2D eigenvalue weighted by molar-refractivity contribution is 5.81. The van der Waals surface area contributed by atoms with Gasteiger partial charge in [0.2, 0.25) is 0 Å². The minimum absolute atomic E-state index is 0.0836. The number of nitrogens with two attached hydrogens (primary N) is 1. The Balaban J connectivity index is 1.82. The summed E-state index contributed by atoms with van der Waals surface area (Å²) in [5, 5.41) is 10.9. The summed E-state index contributed by atoms with van der Waals surface area (Å²) in [6.45, 7) is 0.558. The van der Waals surface area contributed by atoms with E-state index in [-0.39, 0.29) is 5.69 Å². The minimum Gasteiger partial charge on any atom is -0.399 e. The maximum Gasteiger partial charge on any atom is 0.269 e. The molecule has 6 heteroatoms. The number of nitro benzene ring substituents is 1. The highest BCUT2D eigenvalue weighted by Gasteiger charge is 2.13. The summed E-state index contributed by atoms with van der Waals surface area (Å²) in [6.07, 6.45) is 0. The van der Waals surface area contributed by atoms with Crippen molar-refractivity contribution in [2.24, 2.45) is 0 Å². The van der Waals surface area contributed by atoms with Gasteiger partial charge in [0.25, 0.3) is 5.69 Å². The Labute approximate surface area is 149 Å². The van der Waals surface area contributed by atoms with E-state index in [1.807, 2.05) is 48.5 Å². The molecule has 2 N–H and O–H groups in total. The first kappa shape index (κ1) is 15.8. The molecule has 4 rings (SSSR count). The van der Waals surface area contributed by atoms with Crippen molar-refractivity contribution in [3.8, 4) is 11.4 Å². The SMILES string of the molecule is Nc1cccc(-c2nc3ccccc3n2Cc2ccc([N+](=O)[O-])cc2)c1. The van der Waals surface area contributed by atoms with E-state index in [4.69, 9.17) is 10.7 Å². The molecule has 0 unspecified atom stereocenters. The second kappa shape index (κ2) is 6.33. The molecule has 1 heterocycles. The molecule has 128 valence electrons. The Kier molecular flexibility index (Phi) is 3.85. The molecule has 0 fully saturated rings. The van der Waals surface area contributed by atoms with Crippen LogP contribution in [0.5, 0.6) is 0 Å². The molecule has 0 atom stereocenters. The summed E-state index contributed by atoms with van der Waals surface area (Å²) >= 11 is 0. The Morgan fingerprint density at radius 2 is 1.77 bits per heavy atom. The van der Waals surface area contributed by atoms with Crippen molar-refractivity contribution in [2.75, 3.05) is 5.73 Å². The van der Waals surface area contributed by atoms with Gasteiger partial charge in [-0.2, -0.15) is 0 Å². The predicted octanol–water partition coefficient (Wildman–Crippen LogP) is 4.24. The van der Waals surface area contributed by atoms with Gasteiger partial charge >= 0.3 is 0 Å². The maximum atomic E-state index is 10.9. The van der Waals surface area contributed by atoms with Gasteiger partial charge in [0.1, 0.15) is 5.82 Å². The van der Waals surface area contributed by atoms with Crippen LogP contribution >= 0.6 is 0 Å². The third-order valence-electron chi connectivity index (χ3n) is 4.29. The summed E-state index contributed by atoms with van der Waals surface area (Å²) in [7, 11) is 0. The Hall–Kier alpha value is -3.67. The number of nitrogen functional groups attached to an aromatic ring is 1. The van der Waals surface area contributed by atoms with Crippen LogP contribution in [0.1, 0.15) is 5.56 Å². The van der Waals surface area contributed by atoms with Gasteiger partial charge in [-0.25, -0.2) is 4.98 Å². The van der Waals surface area contributed by atoms with Gasteiger partial charge in [0.15, 0.2) is 0 Å². The first-order valence-corrected chi connectivity index (χ1v) is 8.16. The van der Waals surface area contributed by atoms with Gasteiger partial charge in [0, 0.05) is 29.9 Å². The number of para-hydroxylation sites is 2. The molecule has 26 heavy (non-hydrogen) atoms. The molecule has 0 saturated heterocycles. The van der Waals surface area contributed by atoms with E-state index < -0.39 is 4.92 Å². The topological polar surface area (TPSA) is 87.0 Å². The molecule has 0 saturated carbocycles. The van der Waals surface area contributed by atoms with Crippen LogP contribution in [0.4, 0.5) is 11.4 Å². The first-order valence-electron chi connectivity index (χ1n) is 8.16. The van der Waals surface area contributed by atoms with Crippen molar-refractivity contribution in [1.82, 2.24) is 9.55 Å². The largest absolute Gasteiger partial charge is 0.399 e. The number of benzene rings is 3. The molecule has 0 aliphatic carbocycles. The second-order valence-electron chi connectivity index (χ2n) is 6.06. The number of rotatable bonds is 4. The lowest BCUT2D eigenvalue weighted by Gasteiger charge is -2.10. The number of non-ortho nitro benzene ring substituents is 1. The molecule has 4 aromatic rings. The van der Waals surface area contributed by atoms with E-state index in [2.05, 4.69) is 4.57 Å². The highest BCUT2D eigenvalue weighted by Crippen LogP contribution is 2.27. The fourth-order valence-corrected chi connectivity index (χ4v) is 3.04. The lowest BCUT2D eigenvalue weighted by Crippen LogP contribution is -2.02. The lowest BCUT2D eigenvalue weighted by molar-refractivity contribution is -0.384. The van der Waals surface area contributed by atoms with E-state index in [9.17, 15) is 10.1 Å². The molecular formula is C20H16N4O2. The summed E-state index contributed by atoms with van der Waals surface area (Å²) in [5.74, 6) is 0.817. The van der Waals surface area contributed by atoms with Gasteiger partial charge in [0.05, 0.1) is 16.0 Å². The van der Waals surface area contributed by atoms with Crippen molar-refractivity contribution in [3.63, 3.8) is 0 Å². The van der Waals surface area contributed by atoms with Crippen LogP contribution < -0.4 is 5.73 Å². The molecule has 3 aromatic carbocycles. The van der Waals surface area contributed by atoms with Gasteiger partial charge in [-0.05, 0) is 29.8 Å². The third kappa shape index (κ3) is 2.88. The first-order chi connectivity index (χ1) is 12.6. The Morgan fingerprint density at radius 3 is 2.50 bits per heavy atom. The Bertz CT molecular complexity index is 1100. The molecule has 0 aliphatic rings. The second-order valence-corrected chi connectivity index (χ2v) is 6.06. The van der Waals surface area contributed by atoms with E-state index in [0.29, 0.717) is 12.2 Å². The summed E-state index contributed by atoms with van der Waals surface area (Å²) < 4.78 is 2.10. The fraction of sp³-hybridized carbons (Fsp3) is 0.0500. The third-order valence-corrected chi connectivity index (χ3v) is 4.29.